The van der Waals surface area contributed by atoms with E-state index in [1.54, 1.807) is 12.1 Å². The fourth-order valence-corrected chi connectivity index (χ4v) is 1.61. The molecule has 0 saturated carbocycles. The minimum absolute atomic E-state index is 0.626. The highest BCUT2D eigenvalue weighted by Crippen LogP contribution is 2.25. The van der Waals surface area contributed by atoms with Gasteiger partial charge in [-0.15, -0.1) is 0 Å². The van der Waals surface area contributed by atoms with Crippen LogP contribution < -0.4 is 11.1 Å². The van der Waals surface area contributed by atoms with E-state index in [-0.39, 0.29) is 0 Å². The highest BCUT2D eigenvalue weighted by molar-refractivity contribution is 5.75. The Kier molecular flexibility index (Phi) is 2.97. The Balaban J connectivity index is 2.32. The minimum Gasteiger partial charge on any atom is -0.397 e. The topological polar surface area (TPSA) is 61.8 Å². The quantitative estimate of drug-likeness (QED) is 0.768. The van der Waals surface area contributed by atoms with Crippen LogP contribution in [0.3, 0.4) is 0 Å². The van der Waals surface area contributed by atoms with E-state index in [2.05, 4.69) is 11.4 Å². The molecule has 84 valence electrons. The Labute approximate surface area is 101 Å². The predicted molar refractivity (Wildman–Crippen MR) is 70.0 cm³/mol. The van der Waals surface area contributed by atoms with Crippen molar-refractivity contribution in [2.45, 2.75) is 6.92 Å². The maximum atomic E-state index is 8.82. The zero-order valence-electron chi connectivity index (χ0n) is 9.57. The standard InChI is InChI=1S/C14H13N3/c1-10-4-2-7-13(14(10)16)17-12-6-3-5-11(8-12)9-15/h2-8,17H,16H2,1H3. The van der Waals surface area contributed by atoms with Gasteiger partial charge in [0.05, 0.1) is 23.0 Å². The van der Waals surface area contributed by atoms with Crippen LogP contribution in [0, 0.1) is 18.3 Å². The van der Waals surface area contributed by atoms with Crippen molar-refractivity contribution in [1.29, 1.82) is 5.26 Å². The summed E-state index contributed by atoms with van der Waals surface area (Å²) >= 11 is 0. The second kappa shape index (κ2) is 4.58. The van der Waals surface area contributed by atoms with Crippen molar-refractivity contribution < 1.29 is 0 Å². The van der Waals surface area contributed by atoms with Gasteiger partial charge < -0.3 is 11.1 Å². The van der Waals surface area contributed by atoms with Gasteiger partial charge in [-0.3, -0.25) is 0 Å². The lowest BCUT2D eigenvalue weighted by atomic mass is 10.1. The summed E-state index contributed by atoms with van der Waals surface area (Å²) < 4.78 is 0. The molecule has 0 radical (unpaired) electrons. The molecule has 2 rings (SSSR count). The zero-order valence-corrected chi connectivity index (χ0v) is 9.57. The molecule has 17 heavy (non-hydrogen) atoms. The molecule has 0 aliphatic carbocycles. The van der Waals surface area contributed by atoms with Gasteiger partial charge in [-0.1, -0.05) is 18.2 Å². The predicted octanol–water partition coefficient (Wildman–Crippen LogP) is 3.19. The molecule has 0 heterocycles. The van der Waals surface area contributed by atoms with Crippen LogP contribution in [-0.4, -0.2) is 0 Å². The zero-order chi connectivity index (χ0) is 12.3. The first kappa shape index (κ1) is 11.0. The van der Waals surface area contributed by atoms with Crippen LogP contribution in [-0.2, 0) is 0 Å². The van der Waals surface area contributed by atoms with Crippen molar-refractivity contribution in [3.05, 3.63) is 53.6 Å². The summed E-state index contributed by atoms with van der Waals surface area (Å²) in [7, 11) is 0. The lowest BCUT2D eigenvalue weighted by Crippen LogP contribution is -1.98. The molecule has 0 amide bonds. The fourth-order valence-electron chi connectivity index (χ4n) is 1.61. The third kappa shape index (κ3) is 2.37. The average molecular weight is 223 g/mol. The minimum atomic E-state index is 0.626. The molecule has 0 aromatic heterocycles. The SMILES string of the molecule is Cc1cccc(Nc2cccc(C#N)c2)c1N. The van der Waals surface area contributed by atoms with Gasteiger partial charge in [0.25, 0.3) is 0 Å². The lowest BCUT2D eigenvalue weighted by Gasteiger charge is -2.11. The van der Waals surface area contributed by atoms with Crippen molar-refractivity contribution in [3.8, 4) is 6.07 Å². The molecule has 2 aromatic rings. The van der Waals surface area contributed by atoms with Crippen molar-refractivity contribution in [2.75, 3.05) is 11.1 Å². The number of nitrogens with zero attached hydrogens (tertiary/aromatic N) is 1. The van der Waals surface area contributed by atoms with E-state index < -0.39 is 0 Å². The molecule has 2 aromatic carbocycles. The van der Waals surface area contributed by atoms with E-state index in [1.807, 2.05) is 37.3 Å². The van der Waals surface area contributed by atoms with E-state index in [1.165, 1.54) is 0 Å². The highest BCUT2D eigenvalue weighted by Gasteiger charge is 2.02. The smallest absolute Gasteiger partial charge is 0.0992 e. The summed E-state index contributed by atoms with van der Waals surface area (Å²) in [6, 6.07) is 15.2. The summed E-state index contributed by atoms with van der Waals surface area (Å²) in [4.78, 5) is 0. The van der Waals surface area contributed by atoms with Crippen molar-refractivity contribution >= 4 is 17.1 Å². The molecule has 0 fully saturated rings. The maximum absolute atomic E-state index is 8.82. The van der Waals surface area contributed by atoms with E-state index in [4.69, 9.17) is 11.0 Å². The Morgan fingerprint density at radius 3 is 2.71 bits per heavy atom. The van der Waals surface area contributed by atoms with Crippen LogP contribution in [0.2, 0.25) is 0 Å². The molecule has 3 heteroatoms. The molecule has 0 bridgehead atoms. The second-order valence-corrected chi connectivity index (χ2v) is 3.85. The third-order valence-corrected chi connectivity index (χ3v) is 2.59. The second-order valence-electron chi connectivity index (χ2n) is 3.85. The van der Waals surface area contributed by atoms with E-state index >= 15 is 0 Å². The third-order valence-electron chi connectivity index (χ3n) is 2.59. The molecule has 0 atom stereocenters. The number of nitriles is 1. The van der Waals surface area contributed by atoms with Gasteiger partial charge >= 0.3 is 0 Å². The molecule has 0 aliphatic heterocycles. The number of anilines is 3. The van der Waals surface area contributed by atoms with Gasteiger partial charge in [-0.2, -0.15) is 5.26 Å². The monoisotopic (exact) mass is 223 g/mol. The van der Waals surface area contributed by atoms with Gasteiger partial charge in [0.1, 0.15) is 0 Å². The largest absolute Gasteiger partial charge is 0.397 e. The first-order valence-corrected chi connectivity index (χ1v) is 5.33. The average Bonchev–Trinajstić information content (AvgIpc) is 2.35. The summed E-state index contributed by atoms with van der Waals surface area (Å²) in [6.07, 6.45) is 0. The fraction of sp³-hybridized carbons (Fsp3) is 0.0714. The number of nitrogens with one attached hydrogen (secondary N) is 1. The van der Waals surface area contributed by atoms with Crippen molar-refractivity contribution in [1.82, 2.24) is 0 Å². The van der Waals surface area contributed by atoms with Gasteiger partial charge in [0, 0.05) is 5.69 Å². The van der Waals surface area contributed by atoms with Crippen LogP contribution >= 0.6 is 0 Å². The molecule has 0 spiro atoms. The summed E-state index contributed by atoms with van der Waals surface area (Å²) in [6.45, 7) is 1.96. The summed E-state index contributed by atoms with van der Waals surface area (Å²) in [5.74, 6) is 0. The molecule has 3 N–H and O–H groups in total. The molecule has 0 aliphatic rings. The number of nitrogen functional groups attached to an aromatic ring is 1. The van der Waals surface area contributed by atoms with Crippen LogP contribution in [0.4, 0.5) is 17.1 Å². The highest BCUT2D eigenvalue weighted by atomic mass is 14.9. The van der Waals surface area contributed by atoms with E-state index in [0.717, 1.165) is 22.6 Å². The first-order valence-electron chi connectivity index (χ1n) is 5.33. The Morgan fingerprint density at radius 2 is 1.94 bits per heavy atom. The van der Waals surface area contributed by atoms with Crippen molar-refractivity contribution in [3.63, 3.8) is 0 Å². The van der Waals surface area contributed by atoms with Crippen LogP contribution in [0.5, 0.6) is 0 Å². The number of para-hydroxylation sites is 1. The number of benzene rings is 2. The van der Waals surface area contributed by atoms with Crippen LogP contribution in [0.25, 0.3) is 0 Å². The number of nitrogens with two attached hydrogens (primary N) is 1. The van der Waals surface area contributed by atoms with Crippen LogP contribution in [0.1, 0.15) is 11.1 Å². The van der Waals surface area contributed by atoms with Gasteiger partial charge in [0.2, 0.25) is 0 Å². The number of hydrogen-bond donors (Lipinski definition) is 2. The normalized spacial score (nSPS) is 9.65. The summed E-state index contributed by atoms with van der Waals surface area (Å²) in [5, 5.41) is 12.0. The number of aryl methyl sites for hydroxylation is 1. The van der Waals surface area contributed by atoms with Gasteiger partial charge in [-0.05, 0) is 36.8 Å². The lowest BCUT2D eigenvalue weighted by molar-refractivity contribution is 1.44. The van der Waals surface area contributed by atoms with Crippen LogP contribution in [0.15, 0.2) is 42.5 Å². The number of rotatable bonds is 2. The first-order chi connectivity index (χ1) is 8.20. The molecule has 0 saturated heterocycles. The molecular formula is C14H13N3. The van der Waals surface area contributed by atoms with E-state index in [9.17, 15) is 0 Å². The molecular weight excluding hydrogens is 210 g/mol. The van der Waals surface area contributed by atoms with E-state index in [0.29, 0.717) is 5.56 Å². The number of hydrogen-bond acceptors (Lipinski definition) is 3. The van der Waals surface area contributed by atoms with Crippen molar-refractivity contribution in [2.24, 2.45) is 0 Å². The Bertz CT molecular complexity index is 582. The Morgan fingerprint density at radius 1 is 1.18 bits per heavy atom. The molecule has 3 nitrogen and oxygen atoms in total. The maximum Gasteiger partial charge on any atom is 0.0992 e. The van der Waals surface area contributed by atoms with Gasteiger partial charge in [0.15, 0.2) is 0 Å². The summed E-state index contributed by atoms with van der Waals surface area (Å²) in [5.41, 5.74) is 10.1. The Hall–Kier alpha value is -2.47. The van der Waals surface area contributed by atoms with Gasteiger partial charge in [-0.25, -0.2) is 0 Å². The molecule has 0 unspecified atom stereocenters.